The van der Waals surface area contributed by atoms with Crippen LogP contribution in [0.15, 0.2) is 23.8 Å². The molecule has 148 valence electrons. The Bertz CT molecular complexity index is 850. The maximum atomic E-state index is 12.1. The summed E-state index contributed by atoms with van der Waals surface area (Å²) in [7, 11) is 0. The zero-order valence-electron chi connectivity index (χ0n) is 16.7. The molecule has 7 aliphatic rings. The SMILES string of the molecule is C[C@]12CCC3C(C1[C@@H]1C[C@@H]1[C@@]21C=CC(=O)O1)[C@H](C1CC1)CC1=CC(=O)CC[C@@H]13. The Morgan fingerprint density at radius 1 is 1.07 bits per heavy atom. The Labute approximate surface area is 167 Å². The van der Waals surface area contributed by atoms with Gasteiger partial charge in [0.25, 0.3) is 0 Å². The van der Waals surface area contributed by atoms with Crippen molar-refractivity contribution < 1.29 is 14.3 Å². The highest BCUT2D eigenvalue weighted by atomic mass is 16.6. The topological polar surface area (TPSA) is 43.4 Å². The molecule has 0 aromatic heterocycles. The lowest BCUT2D eigenvalue weighted by molar-refractivity contribution is -0.170. The molecule has 3 nitrogen and oxygen atoms in total. The minimum atomic E-state index is -0.308. The highest BCUT2D eigenvalue weighted by molar-refractivity contribution is 5.91. The van der Waals surface area contributed by atoms with E-state index in [0.29, 0.717) is 23.5 Å². The Hall–Kier alpha value is -1.38. The van der Waals surface area contributed by atoms with Crippen molar-refractivity contribution >= 4 is 11.8 Å². The largest absolute Gasteiger partial charge is 0.451 e. The van der Waals surface area contributed by atoms with Gasteiger partial charge in [0, 0.05) is 23.8 Å². The zero-order chi connectivity index (χ0) is 18.8. The summed E-state index contributed by atoms with van der Waals surface area (Å²) in [5, 5.41) is 0. The van der Waals surface area contributed by atoms with E-state index in [4.69, 9.17) is 4.74 Å². The molecule has 1 heterocycles. The Morgan fingerprint density at radius 2 is 1.93 bits per heavy atom. The van der Waals surface area contributed by atoms with Crippen molar-refractivity contribution in [2.45, 2.75) is 63.9 Å². The van der Waals surface area contributed by atoms with Crippen LogP contribution < -0.4 is 0 Å². The molecule has 7 rings (SSSR count). The van der Waals surface area contributed by atoms with Crippen molar-refractivity contribution in [1.82, 2.24) is 0 Å². The van der Waals surface area contributed by atoms with Gasteiger partial charge in [0.1, 0.15) is 5.60 Å². The number of ether oxygens (including phenoxy) is 1. The van der Waals surface area contributed by atoms with E-state index in [0.717, 1.165) is 42.4 Å². The van der Waals surface area contributed by atoms with E-state index in [1.807, 2.05) is 6.08 Å². The van der Waals surface area contributed by atoms with Crippen LogP contribution in [0.2, 0.25) is 0 Å². The van der Waals surface area contributed by atoms with Gasteiger partial charge in [0.05, 0.1) is 0 Å². The molecule has 5 fully saturated rings. The van der Waals surface area contributed by atoms with Gasteiger partial charge in [-0.25, -0.2) is 4.79 Å². The van der Waals surface area contributed by atoms with E-state index >= 15 is 0 Å². The number of hydrogen-bond acceptors (Lipinski definition) is 3. The second-order valence-corrected chi connectivity index (χ2v) is 11.3. The van der Waals surface area contributed by atoms with Gasteiger partial charge in [0.2, 0.25) is 0 Å². The number of hydrogen-bond donors (Lipinski definition) is 0. The highest BCUT2D eigenvalue weighted by Gasteiger charge is 2.78. The molecule has 3 heteroatoms. The van der Waals surface area contributed by atoms with Gasteiger partial charge in [-0.1, -0.05) is 12.5 Å². The first-order valence-corrected chi connectivity index (χ1v) is 11.7. The van der Waals surface area contributed by atoms with Crippen LogP contribution in [0.3, 0.4) is 0 Å². The fraction of sp³-hybridized carbons (Fsp3) is 0.760. The number of carbonyl (C=O) groups excluding carboxylic acids is 2. The molecule has 0 amide bonds. The summed E-state index contributed by atoms with van der Waals surface area (Å²) >= 11 is 0. The average molecular weight is 379 g/mol. The van der Waals surface area contributed by atoms with E-state index in [9.17, 15) is 9.59 Å². The lowest BCUT2D eigenvalue weighted by atomic mass is 9.46. The van der Waals surface area contributed by atoms with E-state index in [1.54, 1.807) is 6.08 Å². The number of ketones is 1. The third-order valence-corrected chi connectivity index (χ3v) is 10.4. The quantitative estimate of drug-likeness (QED) is 0.632. The van der Waals surface area contributed by atoms with Crippen molar-refractivity contribution in [3.8, 4) is 0 Å². The Kier molecular flexibility index (Phi) is 2.94. The predicted octanol–water partition coefficient (Wildman–Crippen LogP) is 4.47. The molecule has 3 unspecified atom stereocenters. The minimum absolute atomic E-state index is 0.114. The second-order valence-electron chi connectivity index (χ2n) is 11.3. The molecule has 28 heavy (non-hydrogen) atoms. The minimum Gasteiger partial charge on any atom is -0.451 e. The van der Waals surface area contributed by atoms with Gasteiger partial charge in [-0.2, -0.15) is 0 Å². The van der Waals surface area contributed by atoms with Crippen LogP contribution in [0.5, 0.6) is 0 Å². The molecule has 5 saturated carbocycles. The fourth-order valence-corrected chi connectivity index (χ4v) is 9.23. The van der Waals surface area contributed by atoms with E-state index < -0.39 is 0 Å². The maximum Gasteiger partial charge on any atom is 0.331 e. The van der Waals surface area contributed by atoms with Gasteiger partial charge in [-0.05, 0) is 98.5 Å². The second kappa shape index (κ2) is 5.02. The number of rotatable bonds is 1. The summed E-state index contributed by atoms with van der Waals surface area (Å²) in [5.41, 5.74) is 1.31. The lowest BCUT2D eigenvalue weighted by Gasteiger charge is -2.59. The molecule has 9 atom stereocenters. The Morgan fingerprint density at radius 3 is 2.68 bits per heavy atom. The molecule has 1 aliphatic heterocycles. The van der Waals surface area contributed by atoms with E-state index in [2.05, 4.69) is 13.0 Å². The number of carbonyl (C=O) groups is 2. The van der Waals surface area contributed by atoms with E-state index in [1.165, 1.54) is 44.1 Å². The van der Waals surface area contributed by atoms with Gasteiger partial charge < -0.3 is 4.74 Å². The monoisotopic (exact) mass is 378 g/mol. The molecule has 6 aliphatic carbocycles. The smallest absolute Gasteiger partial charge is 0.331 e. The number of fused-ring (bicyclic) bond motifs is 9. The van der Waals surface area contributed by atoms with Crippen molar-refractivity contribution in [3.05, 3.63) is 23.8 Å². The summed E-state index contributed by atoms with van der Waals surface area (Å²) in [4.78, 5) is 24.3. The van der Waals surface area contributed by atoms with Crippen LogP contribution in [0, 0.1) is 52.8 Å². The first-order chi connectivity index (χ1) is 13.5. The Balaban J connectivity index is 1.33. The van der Waals surface area contributed by atoms with Gasteiger partial charge in [-0.15, -0.1) is 0 Å². The van der Waals surface area contributed by atoms with Gasteiger partial charge in [0.15, 0.2) is 5.78 Å². The van der Waals surface area contributed by atoms with Gasteiger partial charge in [-0.3, -0.25) is 4.79 Å². The molecule has 0 N–H and O–H groups in total. The highest BCUT2D eigenvalue weighted by Crippen LogP contribution is 2.78. The maximum absolute atomic E-state index is 12.1. The first kappa shape index (κ1) is 16.4. The lowest BCUT2D eigenvalue weighted by Crippen LogP contribution is -2.56. The van der Waals surface area contributed by atoms with Crippen LogP contribution in [-0.2, 0) is 14.3 Å². The molecule has 1 spiro atoms. The van der Waals surface area contributed by atoms with Gasteiger partial charge >= 0.3 is 5.97 Å². The molecule has 0 radical (unpaired) electrons. The summed E-state index contributed by atoms with van der Waals surface area (Å²) in [6, 6.07) is 0. The third kappa shape index (κ3) is 1.83. The zero-order valence-corrected chi connectivity index (χ0v) is 16.7. The van der Waals surface area contributed by atoms with Crippen LogP contribution in [-0.4, -0.2) is 17.4 Å². The average Bonchev–Trinajstić information content (AvgIpc) is 3.59. The molecular weight excluding hydrogens is 348 g/mol. The predicted molar refractivity (Wildman–Crippen MR) is 104 cm³/mol. The standard InChI is InChI=1S/C25H30O3/c1-24-8-6-17-16-5-4-15(26)10-14(16)11-18(13-2-3-13)22(17)23(24)19-12-20(19)25(24)9-7-21(27)28-25/h7,9-10,13,16-20,22-23H,2-6,8,11-12H2,1H3/t16-,17?,18-,19+,20-,22?,23?,24-,25-/m0/s1. The summed E-state index contributed by atoms with van der Waals surface area (Å²) in [6.45, 7) is 2.46. The summed E-state index contributed by atoms with van der Waals surface area (Å²) < 4.78 is 6.14. The van der Waals surface area contributed by atoms with Crippen LogP contribution in [0.25, 0.3) is 0 Å². The molecular formula is C25H30O3. The fourth-order valence-electron chi connectivity index (χ4n) is 9.23. The third-order valence-electron chi connectivity index (χ3n) is 10.4. The first-order valence-electron chi connectivity index (χ1n) is 11.7. The summed E-state index contributed by atoms with van der Waals surface area (Å²) in [5.74, 6) is 6.11. The number of allylic oxidation sites excluding steroid dienone is 1. The van der Waals surface area contributed by atoms with E-state index in [-0.39, 0.29) is 17.0 Å². The van der Waals surface area contributed by atoms with Crippen molar-refractivity contribution in [1.29, 1.82) is 0 Å². The number of esters is 1. The molecule has 0 aromatic carbocycles. The van der Waals surface area contributed by atoms with Crippen LogP contribution in [0.1, 0.15) is 58.3 Å². The molecule has 0 saturated heterocycles. The normalized spacial score (nSPS) is 55.9. The molecule has 0 bridgehead atoms. The summed E-state index contributed by atoms with van der Waals surface area (Å²) in [6.07, 6.45) is 15.4. The molecule has 0 aromatic rings. The van der Waals surface area contributed by atoms with Crippen molar-refractivity contribution in [3.63, 3.8) is 0 Å². The van der Waals surface area contributed by atoms with Crippen LogP contribution in [0.4, 0.5) is 0 Å². The van der Waals surface area contributed by atoms with Crippen LogP contribution >= 0.6 is 0 Å². The van der Waals surface area contributed by atoms with Crippen molar-refractivity contribution in [2.75, 3.05) is 0 Å². The van der Waals surface area contributed by atoms with Crippen molar-refractivity contribution in [2.24, 2.45) is 52.8 Å².